The topological polar surface area (TPSA) is 82.7 Å². The molecule has 2 aromatic heterocycles. The first kappa shape index (κ1) is 21.9. The Morgan fingerprint density at radius 3 is 2.45 bits per heavy atom. The Kier molecular flexibility index (Phi) is 6.13. The van der Waals surface area contributed by atoms with Crippen molar-refractivity contribution < 1.29 is 4.79 Å². The fourth-order valence-corrected chi connectivity index (χ4v) is 4.68. The maximum atomic E-state index is 12.8. The van der Waals surface area contributed by atoms with Gasteiger partial charge in [-0.3, -0.25) is 4.79 Å². The van der Waals surface area contributed by atoms with Gasteiger partial charge in [0.25, 0.3) is 5.91 Å². The number of nitrogens with one attached hydrogen (secondary N) is 3. The van der Waals surface area contributed by atoms with E-state index in [1.165, 1.54) is 0 Å². The van der Waals surface area contributed by atoms with Gasteiger partial charge in [-0.2, -0.15) is 0 Å². The normalized spacial score (nSPS) is 19.4. The number of aromatic nitrogens is 3. The Labute approximate surface area is 192 Å². The molecule has 3 aromatic rings. The van der Waals surface area contributed by atoms with E-state index < -0.39 is 0 Å². The van der Waals surface area contributed by atoms with Crippen LogP contribution in [0.1, 0.15) is 56.8 Å². The molecule has 0 saturated heterocycles. The number of pyridine rings is 1. The largest absolute Gasteiger partial charge is 0.349 e. The second kappa shape index (κ2) is 8.67. The maximum Gasteiger partial charge on any atom is 0.253 e. The van der Waals surface area contributed by atoms with Crippen LogP contribution in [0.2, 0.25) is 10.0 Å². The number of anilines is 2. The summed E-state index contributed by atoms with van der Waals surface area (Å²) in [6.07, 6.45) is 5.88. The molecule has 8 heteroatoms. The van der Waals surface area contributed by atoms with Gasteiger partial charge in [-0.1, -0.05) is 50.0 Å². The van der Waals surface area contributed by atoms with E-state index >= 15 is 0 Å². The minimum Gasteiger partial charge on any atom is -0.349 e. The quantitative estimate of drug-likeness (QED) is 0.424. The summed E-state index contributed by atoms with van der Waals surface area (Å²) in [6, 6.07) is 7.22. The molecule has 0 radical (unpaired) electrons. The van der Waals surface area contributed by atoms with Gasteiger partial charge in [-0.15, -0.1) is 0 Å². The van der Waals surface area contributed by atoms with Crippen molar-refractivity contribution >= 4 is 51.9 Å². The third-order valence-corrected chi connectivity index (χ3v) is 6.72. The number of benzene rings is 1. The molecule has 1 aromatic carbocycles. The second-order valence-electron chi connectivity index (χ2n) is 9.29. The molecule has 1 saturated carbocycles. The molecular weight excluding hydrogens is 433 g/mol. The van der Waals surface area contributed by atoms with Crippen LogP contribution in [0.15, 0.2) is 30.5 Å². The van der Waals surface area contributed by atoms with Crippen LogP contribution in [0.3, 0.4) is 0 Å². The lowest BCUT2D eigenvalue weighted by atomic mass is 9.71. The van der Waals surface area contributed by atoms with E-state index in [2.05, 4.69) is 46.4 Å². The number of fused-ring (bicyclic) bond motifs is 1. The fourth-order valence-electron chi connectivity index (χ4n) is 4.19. The molecule has 0 aliphatic heterocycles. The van der Waals surface area contributed by atoms with Crippen LogP contribution in [0.5, 0.6) is 0 Å². The monoisotopic (exact) mass is 459 g/mol. The highest BCUT2D eigenvalue weighted by atomic mass is 35.5. The van der Waals surface area contributed by atoms with Crippen LogP contribution in [-0.2, 0) is 0 Å². The fraction of sp³-hybridized carbons (Fsp3) is 0.435. The molecule has 6 nitrogen and oxygen atoms in total. The van der Waals surface area contributed by atoms with E-state index in [1.54, 1.807) is 30.5 Å². The number of halogens is 2. The van der Waals surface area contributed by atoms with Crippen LogP contribution < -0.4 is 10.6 Å². The highest BCUT2D eigenvalue weighted by molar-refractivity contribution is 6.39. The van der Waals surface area contributed by atoms with Crippen molar-refractivity contribution in [1.82, 2.24) is 20.3 Å². The second-order valence-corrected chi connectivity index (χ2v) is 10.1. The summed E-state index contributed by atoms with van der Waals surface area (Å²) in [4.78, 5) is 24.7. The Morgan fingerprint density at radius 1 is 1.13 bits per heavy atom. The van der Waals surface area contributed by atoms with Crippen LogP contribution in [0.4, 0.5) is 11.6 Å². The van der Waals surface area contributed by atoms with E-state index in [1.807, 2.05) is 0 Å². The van der Waals surface area contributed by atoms with Gasteiger partial charge >= 0.3 is 0 Å². The third kappa shape index (κ3) is 4.96. The number of carbonyl (C=O) groups is 1. The lowest BCUT2D eigenvalue weighted by Gasteiger charge is -2.37. The first-order valence-electron chi connectivity index (χ1n) is 10.6. The summed E-state index contributed by atoms with van der Waals surface area (Å²) in [5.41, 5.74) is 2.56. The number of hydrogen-bond donors (Lipinski definition) is 3. The minimum absolute atomic E-state index is 0.111. The minimum atomic E-state index is -0.111. The van der Waals surface area contributed by atoms with Gasteiger partial charge in [-0.05, 0) is 55.2 Å². The number of H-pyrrole nitrogens is 1. The van der Waals surface area contributed by atoms with E-state index in [-0.39, 0.29) is 11.9 Å². The summed E-state index contributed by atoms with van der Waals surface area (Å²) in [6.45, 7) is 6.89. The molecule has 0 unspecified atom stereocenters. The molecule has 164 valence electrons. The number of imidazole rings is 1. The van der Waals surface area contributed by atoms with Gasteiger partial charge < -0.3 is 15.6 Å². The summed E-state index contributed by atoms with van der Waals surface area (Å²) >= 11 is 12.4. The van der Waals surface area contributed by atoms with E-state index in [4.69, 9.17) is 23.2 Å². The lowest BCUT2D eigenvalue weighted by molar-refractivity contribution is 0.0904. The van der Waals surface area contributed by atoms with E-state index in [0.29, 0.717) is 49.7 Å². The molecule has 0 spiro atoms. The van der Waals surface area contributed by atoms with Crippen molar-refractivity contribution in [2.45, 2.75) is 52.5 Å². The van der Waals surface area contributed by atoms with Crippen molar-refractivity contribution in [3.8, 4) is 0 Å². The van der Waals surface area contributed by atoms with Gasteiger partial charge in [0.1, 0.15) is 5.52 Å². The van der Waals surface area contributed by atoms with Gasteiger partial charge in [-0.25, -0.2) is 9.97 Å². The molecule has 2 heterocycles. The molecule has 0 atom stereocenters. The zero-order valence-electron chi connectivity index (χ0n) is 17.9. The zero-order valence-corrected chi connectivity index (χ0v) is 19.4. The Balaban J connectivity index is 1.44. The third-order valence-electron chi connectivity index (χ3n) is 6.09. The number of amides is 1. The predicted octanol–water partition coefficient (Wildman–Crippen LogP) is 6.34. The molecule has 3 N–H and O–H groups in total. The van der Waals surface area contributed by atoms with Crippen LogP contribution in [0, 0.1) is 11.3 Å². The van der Waals surface area contributed by atoms with Crippen LogP contribution in [-0.4, -0.2) is 26.9 Å². The Hall–Kier alpha value is -2.31. The first-order valence-corrected chi connectivity index (χ1v) is 11.3. The van der Waals surface area contributed by atoms with Crippen molar-refractivity contribution in [2.24, 2.45) is 11.3 Å². The summed E-state index contributed by atoms with van der Waals surface area (Å²) in [7, 11) is 0. The number of nitrogens with zero attached hydrogens (tertiary/aromatic N) is 2. The molecule has 1 fully saturated rings. The van der Waals surface area contributed by atoms with Crippen molar-refractivity contribution in [3.05, 3.63) is 46.1 Å². The van der Waals surface area contributed by atoms with Crippen molar-refractivity contribution in [2.75, 3.05) is 5.32 Å². The molecule has 4 rings (SSSR count). The summed E-state index contributed by atoms with van der Waals surface area (Å²) < 4.78 is 0. The molecular formula is C23H27Cl2N5O. The van der Waals surface area contributed by atoms with Gasteiger partial charge in [0.15, 0.2) is 5.65 Å². The van der Waals surface area contributed by atoms with Gasteiger partial charge in [0.2, 0.25) is 5.95 Å². The Bertz CT molecular complexity index is 1080. The van der Waals surface area contributed by atoms with E-state index in [9.17, 15) is 4.79 Å². The number of aromatic amines is 1. The van der Waals surface area contributed by atoms with Crippen molar-refractivity contribution in [3.63, 3.8) is 0 Å². The van der Waals surface area contributed by atoms with E-state index in [0.717, 1.165) is 25.7 Å². The van der Waals surface area contributed by atoms with Gasteiger partial charge in [0, 0.05) is 12.2 Å². The van der Waals surface area contributed by atoms with Gasteiger partial charge in [0.05, 0.1) is 21.3 Å². The van der Waals surface area contributed by atoms with Crippen LogP contribution in [0.25, 0.3) is 11.2 Å². The highest BCUT2D eigenvalue weighted by Crippen LogP contribution is 2.38. The molecule has 1 aliphatic carbocycles. The summed E-state index contributed by atoms with van der Waals surface area (Å²) in [5.74, 6) is 1.05. The highest BCUT2D eigenvalue weighted by Gasteiger charge is 2.30. The average molecular weight is 460 g/mol. The van der Waals surface area contributed by atoms with Crippen molar-refractivity contribution in [1.29, 1.82) is 0 Å². The first-order chi connectivity index (χ1) is 14.7. The van der Waals surface area contributed by atoms with Crippen LogP contribution >= 0.6 is 23.2 Å². The zero-order chi connectivity index (χ0) is 22.2. The molecule has 1 amide bonds. The SMILES string of the molecule is CC(C)(C)[C@H]1CC[C@H](NC(=O)c2cnc3[nH]c(Nc4c(Cl)cccc4Cl)nc3c2)CC1. The molecule has 31 heavy (non-hydrogen) atoms. The molecule has 0 bridgehead atoms. The predicted molar refractivity (Wildman–Crippen MR) is 126 cm³/mol. The standard InChI is InChI=1S/C23H27Cl2N5O/c1-23(2,3)14-7-9-15(10-8-14)27-21(31)13-11-18-20(26-12-13)30-22(28-18)29-19-16(24)5-4-6-17(19)25/h4-6,11-12,14-15H,7-10H2,1-3H3,(H,27,31)(H2,26,28,29,30)/t14-,15-. The number of carbonyl (C=O) groups excluding carboxylic acids is 1. The number of rotatable bonds is 4. The summed E-state index contributed by atoms with van der Waals surface area (Å²) in [5, 5.41) is 7.23. The average Bonchev–Trinajstić information content (AvgIpc) is 3.12. The maximum absolute atomic E-state index is 12.8. The Morgan fingerprint density at radius 2 is 1.81 bits per heavy atom. The molecule has 1 aliphatic rings. The lowest BCUT2D eigenvalue weighted by Crippen LogP contribution is -2.39. The number of hydrogen-bond acceptors (Lipinski definition) is 4. The smallest absolute Gasteiger partial charge is 0.253 e. The number of para-hydroxylation sites is 1.